The molecule has 0 aromatic heterocycles. The van der Waals surface area contributed by atoms with Gasteiger partial charge < -0.3 is 19.5 Å². The van der Waals surface area contributed by atoms with E-state index in [0.29, 0.717) is 34.4 Å². The molecular weight excluding hydrogens is 330 g/mol. The maximum absolute atomic E-state index is 12.4. The lowest BCUT2D eigenvalue weighted by Crippen LogP contribution is -2.32. The average molecular weight is 350 g/mol. The second-order valence-corrected chi connectivity index (χ2v) is 5.47. The fourth-order valence-electron chi connectivity index (χ4n) is 2.16. The summed E-state index contributed by atoms with van der Waals surface area (Å²) in [5, 5.41) is 3.38. The summed E-state index contributed by atoms with van der Waals surface area (Å²) in [5.41, 5.74) is 0.603. The third-order valence-corrected chi connectivity index (χ3v) is 3.62. The Morgan fingerprint density at radius 1 is 1.12 bits per heavy atom. The number of rotatable bonds is 7. The van der Waals surface area contributed by atoms with Crippen LogP contribution < -0.4 is 19.5 Å². The lowest BCUT2D eigenvalue weighted by molar-refractivity contribution is -0.122. The Bertz CT molecular complexity index is 705. The van der Waals surface area contributed by atoms with E-state index in [4.69, 9.17) is 25.8 Å². The molecule has 0 bridgehead atoms. The fraction of sp³-hybridized carbons (Fsp3) is 0.278. The Morgan fingerprint density at radius 2 is 1.88 bits per heavy atom. The number of carbonyl (C=O) groups excluding carboxylic acids is 1. The molecule has 0 unspecified atom stereocenters. The Kier molecular flexibility index (Phi) is 6.32. The average Bonchev–Trinajstić information content (AvgIpc) is 2.59. The molecule has 0 aliphatic carbocycles. The van der Waals surface area contributed by atoms with E-state index in [0.717, 1.165) is 0 Å². The van der Waals surface area contributed by atoms with Crippen molar-refractivity contribution in [3.8, 4) is 17.2 Å². The summed E-state index contributed by atoms with van der Waals surface area (Å²) in [6.45, 7) is 1.88. The summed E-state index contributed by atoms with van der Waals surface area (Å²) in [7, 11) is 3.10. The summed E-state index contributed by atoms with van der Waals surface area (Å²) in [6.07, 6.45) is -0.109. The predicted octanol–water partition coefficient (Wildman–Crippen LogP) is 4.15. The van der Waals surface area contributed by atoms with Crippen molar-refractivity contribution in [2.45, 2.75) is 19.4 Å². The van der Waals surface area contributed by atoms with Gasteiger partial charge in [0.25, 0.3) is 5.91 Å². The summed E-state index contributed by atoms with van der Waals surface area (Å²) in [5.74, 6) is 1.44. The standard InChI is InChI=1S/C18H20ClNO4/c1-4-15(24-14-7-5-6-12(19)10-14)18(21)20-13-8-9-16(22-2)17(11-13)23-3/h5-11,15H,4H2,1-3H3,(H,20,21)/t15-/m0/s1. The molecule has 2 aromatic carbocycles. The highest BCUT2D eigenvalue weighted by Gasteiger charge is 2.19. The second-order valence-electron chi connectivity index (χ2n) is 5.03. The van der Waals surface area contributed by atoms with Crippen molar-refractivity contribution < 1.29 is 19.0 Å². The van der Waals surface area contributed by atoms with Gasteiger partial charge in [-0.3, -0.25) is 4.79 Å². The van der Waals surface area contributed by atoms with Gasteiger partial charge in [-0.1, -0.05) is 24.6 Å². The van der Waals surface area contributed by atoms with Crippen LogP contribution in [0, 0.1) is 0 Å². The number of nitrogens with one attached hydrogen (secondary N) is 1. The lowest BCUT2D eigenvalue weighted by atomic mass is 10.2. The fourth-order valence-corrected chi connectivity index (χ4v) is 2.34. The molecule has 6 heteroatoms. The van der Waals surface area contributed by atoms with Gasteiger partial charge in [-0.15, -0.1) is 0 Å². The maximum atomic E-state index is 12.4. The van der Waals surface area contributed by atoms with Crippen molar-refractivity contribution in [3.63, 3.8) is 0 Å². The van der Waals surface area contributed by atoms with Gasteiger partial charge in [0.1, 0.15) is 5.75 Å². The van der Waals surface area contributed by atoms with E-state index in [-0.39, 0.29) is 5.91 Å². The quantitative estimate of drug-likeness (QED) is 0.815. The van der Waals surface area contributed by atoms with E-state index >= 15 is 0 Å². The van der Waals surface area contributed by atoms with Gasteiger partial charge >= 0.3 is 0 Å². The topological polar surface area (TPSA) is 56.8 Å². The molecule has 0 saturated heterocycles. The van der Waals surface area contributed by atoms with Gasteiger partial charge in [0.05, 0.1) is 14.2 Å². The Morgan fingerprint density at radius 3 is 2.50 bits per heavy atom. The smallest absolute Gasteiger partial charge is 0.265 e. The van der Waals surface area contributed by atoms with Crippen LogP contribution in [0.25, 0.3) is 0 Å². The minimum atomic E-state index is -0.628. The van der Waals surface area contributed by atoms with Crippen LogP contribution in [0.4, 0.5) is 5.69 Å². The first kappa shape index (κ1) is 17.9. The predicted molar refractivity (Wildman–Crippen MR) is 94.3 cm³/mol. The molecule has 0 radical (unpaired) electrons. The highest BCUT2D eigenvalue weighted by atomic mass is 35.5. The minimum absolute atomic E-state index is 0.246. The Hall–Kier alpha value is -2.40. The van der Waals surface area contributed by atoms with Gasteiger partial charge in [-0.2, -0.15) is 0 Å². The van der Waals surface area contributed by atoms with Crippen molar-refractivity contribution in [1.82, 2.24) is 0 Å². The molecule has 5 nitrogen and oxygen atoms in total. The SMILES string of the molecule is CC[C@H](Oc1cccc(Cl)c1)C(=O)Nc1ccc(OC)c(OC)c1. The van der Waals surface area contributed by atoms with Crippen LogP contribution in [-0.2, 0) is 4.79 Å². The van der Waals surface area contributed by atoms with Crippen molar-refractivity contribution in [1.29, 1.82) is 0 Å². The Balaban J connectivity index is 2.09. The molecule has 0 aliphatic rings. The van der Waals surface area contributed by atoms with Gasteiger partial charge in [0, 0.05) is 16.8 Å². The third-order valence-electron chi connectivity index (χ3n) is 3.39. The monoisotopic (exact) mass is 349 g/mol. The van der Waals surface area contributed by atoms with Crippen LogP contribution >= 0.6 is 11.6 Å². The maximum Gasteiger partial charge on any atom is 0.265 e. The molecule has 1 amide bonds. The molecule has 0 saturated carbocycles. The molecule has 1 atom stereocenters. The lowest BCUT2D eigenvalue weighted by Gasteiger charge is -2.18. The molecule has 0 heterocycles. The largest absolute Gasteiger partial charge is 0.493 e. The minimum Gasteiger partial charge on any atom is -0.493 e. The van der Waals surface area contributed by atoms with Gasteiger partial charge in [0.15, 0.2) is 17.6 Å². The molecule has 2 rings (SSSR count). The van der Waals surface area contributed by atoms with E-state index in [1.165, 1.54) is 0 Å². The zero-order valence-corrected chi connectivity index (χ0v) is 14.6. The van der Waals surface area contributed by atoms with E-state index < -0.39 is 6.10 Å². The van der Waals surface area contributed by atoms with Crippen molar-refractivity contribution >= 4 is 23.2 Å². The van der Waals surface area contributed by atoms with Crippen molar-refractivity contribution in [2.75, 3.05) is 19.5 Å². The number of halogens is 1. The van der Waals surface area contributed by atoms with E-state index in [1.807, 2.05) is 6.92 Å². The number of ether oxygens (including phenoxy) is 3. The number of methoxy groups -OCH3 is 2. The first-order chi connectivity index (χ1) is 11.6. The van der Waals surface area contributed by atoms with Crippen LogP contribution in [0.1, 0.15) is 13.3 Å². The number of anilines is 1. The van der Waals surface area contributed by atoms with Crippen LogP contribution in [0.2, 0.25) is 5.02 Å². The number of amides is 1. The highest BCUT2D eigenvalue weighted by Crippen LogP contribution is 2.30. The number of hydrogen-bond acceptors (Lipinski definition) is 4. The molecule has 0 aliphatic heterocycles. The molecule has 24 heavy (non-hydrogen) atoms. The summed E-state index contributed by atoms with van der Waals surface area (Å²) < 4.78 is 16.1. The molecular formula is C18H20ClNO4. The van der Waals surface area contributed by atoms with Crippen molar-refractivity contribution in [2.24, 2.45) is 0 Å². The van der Waals surface area contributed by atoms with Gasteiger partial charge in [-0.25, -0.2) is 0 Å². The normalized spacial score (nSPS) is 11.5. The van der Waals surface area contributed by atoms with Crippen LogP contribution in [0.3, 0.4) is 0 Å². The van der Waals surface area contributed by atoms with Gasteiger partial charge in [0.2, 0.25) is 0 Å². The van der Waals surface area contributed by atoms with E-state index in [2.05, 4.69) is 5.32 Å². The zero-order chi connectivity index (χ0) is 17.5. The number of hydrogen-bond donors (Lipinski definition) is 1. The first-order valence-electron chi connectivity index (χ1n) is 7.52. The molecule has 0 spiro atoms. The molecule has 1 N–H and O–H groups in total. The summed E-state index contributed by atoms with van der Waals surface area (Å²) in [4.78, 5) is 12.4. The molecule has 2 aromatic rings. The molecule has 0 fully saturated rings. The van der Waals surface area contributed by atoms with E-state index in [9.17, 15) is 4.79 Å². The Labute approximate surface area is 146 Å². The van der Waals surface area contributed by atoms with Crippen LogP contribution in [0.15, 0.2) is 42.5 Å². The molecule has 128 valence electrons. The summed E-state index contributed by atoms with van der Waals surface area (Å²) >= 11 is 5.94. The van der Waals surface area contributed by atoms with Crippen LogP contribution in [-0.4, -0.2) is 26.2 Å². The van der Waals surface area contributed by atoms with Crippen molar-refractivity contribution in [3.05, 3.63) is 47.5 Å². The number of carbonyl (C=O) groups is 1. The third kappa shape index (κ3) is 4.55. The van der Waals surface area contributed by atoms with Crippen LogP contribution in [0.5, 0.6) is 17.2 Å². The van der Waals surface area contributed by atoms with Gasteiger partial charge in [-0.05, 0) is 36.8 Å². The van der Waals surface area contributed by atoms with E-state index in [1.54, 1.807) is 56.7 Å². The first-order valence-corrected chi connectivity index (χ1v) is 7.90. The zero-order valence-electron chi connectivity index (χ0n) is 13.8. The highest BCUT2D eigenvalue weighted by molar-refractivity contribution is 6.30. The number of benzene rings is 2. The second kappa shape index (κ2) is 8.45. The summed E-state index contributed by atoms with van der Waals surface area (Å²) in [6, 6.07) is 12.1.